The van der Waals surface area contributed by atoms with E-state index in [4.69, 9.17) is 10.8 Å². The van der Waals surface area contributed by atoms with Gasteiger partial charge in [-0.2, -0.15) is 0 Å². The van der Waals surface area contributed by atoms with Crippen molar-refractivity contribution < 1.29 is 24.3 Å². The summed E-state index contributed by atoms with van der Waals surface area (Å²) < 4.78 is 0. The normalized spacial score (nSPS) is 11.4. The minimum Gasteiger partial charge on any atom is -0.480 e. The van der Waals surface area contributed by atoms with Crippen LogP contribution >= 0.6 is 0 Å². The Morgan fingerprint density at radius 2 is 1.83 bits per heavy atom. The average molecular weight is 259 g/mol. The molecule has 0 saturated heterocycles. The van der Waals surface area contributed by atoms with Gasteiger partial charge in [0.2, 0.25) is 17.7 Å². The number of nitrogens with one attached hydrogen (secondary N) is 2. The third-order valence-electron chi connectivity index (χ3n) is 2.04. The lowest BCUT2D eigenvalue weighted by atomic mass is 10.1. The van der Waals surface area contributed by atoms with Crippen LogP contribution in [0.3, 0.4) is 0 Å². The largest absolute Gasteiger partial charge is 0.480 e. The Morgan fingerprint density at radius 1 is 1.22 bits per heavy atom. The molecule has 0 rings (SSSR count). The van der Waals surface area contributed by atoms with Crippen molar-refractivity contribution in [3.8, 4) is 0 Å². The molecule has 0 aromatic carbocycles. The Hall–Kier alpha value is -2.12. The monoisotopic (exact) mass is 259 g/mol. The van der Waals surface area contributed by atoms with E-state index >= 15 is 0 Å². The molecule has 8 heteroatoms. The first-order chi connectivity index (χ1) is 8.32. The van der Waals surface area contributed by atoms with Crippen LogP contribution in [0.5, 0.6) is 0 Å². The van der Waals surface area contributed by atoms with E-state index in [1.165, 1.54) is 6.92 Å². The quantitative estimate of drug-likeness (QED) is 0.413. The Labute approximate surface area is 104 Å². The third kappa shape index (κ3) is 8.08. The number of hydrogen-bond donors (Lipinski definition) is 4. The smallest absolute Gasteiger partial charge is 0.326 e. The first-order valence-corrected chi connectivity index (χ1v) is 5.38. The molecular weight excluding hydrogens is 242 g/mol. The van der Waals surface area contributed by atoms with E-state index in [0.717, 1.165) is 0 Å². The molecule has 8 nitrogen and oxygen atoms in total. The van der Waals surface area contributed by atoms with Gasteiger partial charge in [0, 0.05) is 26.3 Å². The zero-order valence-corrected chi connectivity index (χ0v) is 10.1. The topological polar surface area (TPSA) is 139 Å². The lowest BCUT2D eigenvalue weighted by molar-refractivity contribution is -0.142. The van der Waals surface area contributed by atoms with Gasteiger partial charge in [0.25, 0.3) is 0 Å². The fraction of sp³-hybridized carbons (Fsp3) is 0.600. The summed E-state index contributed by atoms with van der Waals surface area (Å²) in [6.07, 6.45) is -0.209. The number of carbonyl (C=O) groups excluding carboxylic acids is 3. The van der Waals surface area contributed by atoms with Gasteiger partial charge in [0.1, 0.15) is 6.04 Å². The molecule has 5 N–H and O–H groups in total. The number of amides is 3. The molecule has 0 bridgehead atoms. The minimum atomic E-state index is -1.23. The lowest BCUT2D eigenvalue weighted by Gasteiger charge is -2.13. The number of carboxylic acid groups (broad SMARTS) is 1. The number of nitrogens with two attached hydrogens (primary N) is 1. The molecule has 0 radical (unpaired) electrons. The zero-order chi connectivity index (χ0) is 14.1. The van der Waals surface area contributed by atoms with Crippen LogP contribution in [0.4, 0.5) is 0 Å². The fourth-order valence-electron chi connectivity index (χ4n) is 1.16. The van der Waals surface area contributed by atoms with Gasteiger partial charge >= 0.3 is 5.97 Å². The summed E-state index contributed by atoms with van der Waals surface area (Å²) >= 11 is 0. The summed E-state index contributed by atoms with van der Waals surface area (Å²) in [7, 11) is 0. The number of rotatable bonds is 8. The van der Waals surface area contributed by atoms with Gasteiger partial charge in [0.15, 0.2) is 0 Å². The second-order valence-corrected chi connectivity index (χ2v) is 3.70. The number of primary amides is 1. The second-order valence-electron chi connectivity index (χ2n) is 3.70. The van der Waals surface area contributed by atoms with Crippen LogP contribution in [0.25, 0.3) is 0 Å². The van der Waals surface area contributed by atoms with Crippen LogP contribution in [-0.4, -0.2) is 41.4 Å². The third-order valence-corrected chi connectivity index (χ3v) is 2.04. The van der Waals surface area contributed by atoms with E-state index in [1.54, 1.807) is 0 Å². The van der Waals surface area contributed by atoms with Crippen molar-refractivity contribution in [1.29, 1.82) is 0 Å². The van der Waals surface area contributed by atoms with Gasteiger partial charge in [0.05, 0.1) is 0 Å². The summed E-state index contributed by atoms with van der Waals surface area (Å²) in [4.78, 5) is 43.2. The van der Waals surface area contributed by atoms with Crippen LogP contribution in [-0.2, 0) is 19.2 Å². The van der Waals surface area contributed by atoms with Gasteiger partial charge in [-0.15, -0.1) is 0 Å². The van der Waals surface area contributed by atoms with Crippen LogP contribution in [0.15, 0.2) is 0 Å². The molecule has 0 heterocycles. The molecule has 102 valence electrons. The van der Waals surface area contributed by atoms with Gasteiger partial charge in [-0.05, 0) is 6.42 Å². The van der Waals surface area contributed by atoms with Crippen molar-refractivity contribution >= 4 is 23.7 Å². The summed E-state index contributed by atoms with van der Waals surface area (Å²) in [6.45, 7) is 1.44. The number of carboxylic acids is 1. The van der Waals surface area contributed by atoms with Crippen LogP contribution in [0, 0.1) is 0 Å². The number of aliphatic carboxylic acids is 1. The van der Waals surface area contributed by atoms with E-state index in [2.05, 4.69) is 10.6 Å². The number of carbonyl (C=O) groups is 4. The van der Waals surface area contributed by atoms with Gasteiger partial charge < -0.3 is 21.5 Å². The summed E-state index contributed by atoms with van der Waals surface area (Å²) in [5.41, 5.74) is 4.89. The molecule has 0 aliphatic heterocycles. The molecule has 0 aliphatic rings. The van der Waals surface area contributed by atoms with E-state index in [0.29, 0.717) is 0 Å². The average Bonchev–Trinajstić information content (AvgIpc) is 2.22. The lowest BCUT2D eigenvalue weighted by Crippen LogP contribution is -2.42. The predicted octanol–water partition coefficient (Wildman–Crippen LogP) is -1.65. The first-order valence-electron chi connectivity index (χ1n) is 5.38. The van der Waals surface area contributed by atoms with Crippen molar-refractivity contribution in [2.45, 2.75) is 32.2 Å². The summed E-state index contributed by atoms with van der Waals surface area (Å²) in [6, 6.07) is -1.15. The van der Waals surface area contributed by atoms with Crippen molar-refractivity contribution in [3.05, 3.63) is 0 Å². The molecule has 0 fully saturated rings. The minimum absolute atomic E-state index is 0.0278. The van der Waals surface area contributed by atoms with Gasteiger partial charge in [-0.3, -0.25) is 14.4 Å². The van der Waals surface area contributed by atoms with Crippen molar-refractivity contribution in [3.63, 3.8) is 0 Å². The highest BCUT2D eigenvalue weighted by molar-refractivity contribution is 5.84. The highest BCUT2D eigenvalue weighted by Crippen LogP contribution is 1.98. The van der Waals surface area contributed by atoms with E-state index in [1.807, 2.05) is 0 Å². The van der Waals surface area contributed by atoms with E-state index in [9.17, 15) is 19.2 Å². The maximum atomic E-state index is 11.3. The van der Waals surface area contributed by atoms with E-state index in [-0.39, 0.29) is 31.7 Å². The van der Waals surface area contributed by atoms with Crippen LogP contribution in [0.1, 0.15) is 26.2 Å². The second kappa shape index (κ2) is 8.04. The predicted molar refractivity (Wildman–Crippen MR) is 61.3 cm³/mol. The van der Waals surface area contributed by atoms with Crippen LogP contribution < -0.4 is 16.4 Å². The SMILES string of the molecule is CC(=O)NCCC(=O)NC(CCC(N)=O)C(=O)O. The van der Waals surface area contributed by atoms with Crippen LogP contribution in [0.2, 0.25) is 0 Å². The highest BCUT2D eigenvalue weighted by Gasteiger charge is 2.20. The highest BCUT2D eigenvalue weighted by atomic mass is 16.4. The fourth-order valence-corrected chi connectivity index (χ4v) is 1.16. The van der Waals surface area contributed by atoms with Crippen molar-refractivity contribution in [2.75, 3.05) is 6.54 Å². The molecule has 0 aromatic rings. The maximum absolute atomic E-state index is 11.3. The van der Waals surface area contributed by atoms with Gasteiger partial charge in [-0.1, -0.05) is 0 Å². The first kappa shape index (κ1) is 15.9. The molecule has 0 aliphatic carbocycles. The summed E-state index contributed by atoms with van der Waals surface area (Å²) in [5, 5.41) is 13.5. The molecule has 3 amide bonds. The molecule has 0 aromatic heterocycles. The standard InChI is InChI=1S/C10H17N3O5/c1-6(14)12-5-4-9(16)13-7(10(17)18)2-3-8(11)15/h7H,2-5H2,1H3,(H2,11,15)(H,12,14)(H,13,16)(H,17,18). The van der Waals surface area contributed by atoms with Crippen molar-refractivity contribution in [2.24, 2.45) is 5.73 Å². The number of hydrogen-bond acceptors (Lipinski definition) is 4. The van der Waals surface area contributed by atoms with Gasteiger partial charge in [-0.25, -0.2) is 4.79 Å². The molecule has 1 unspecified atom stereocenters. The Morgan fingerprint density at radius 3 is 2.28 bits per heavy atom. The van der Waals surface area contributed by atoms with Crippen molar-refractivity contribution in [1.82, 2.24) is 10.6 Å². The molecule has 0 spiro atoms. The molecular formula is C10H17N3O5. The summed E-state index contributed by atoms with van der Waals surface area (Å²) in [5.74, 6) is -2.65. The van der Waals surface area contributed by atoms with E-state index < -0.39 is 23.8 Å². The maximum Gasteiger partial charge on any atom is 0.326 e. The molecule has 0 saturated carbocycles. The molecule has 1 atom stereocenters. The zero-order valence-electron chi connectivity index (χ0n) is 10.1. The molecule has 18 heavy (non-hydrogen) atoms. The Kier molecular flexibility index (Phi) is 7.10. The Bertz CT molecular complexity index is 342. The Balaban J connectivity index is 4.07.